The molecule has 19 heavy (non-hydrogen) atoms. The summed E-state index contributed by atoms with van der Waals surface area (Å²) in [6, 6.07) is 7.43. The van der Waals surface area contributed by atoms with Crippen molar-refractivity contribution in [1.29, 1.82) is 0 Å². The summed E-state index contributed by atoms with van der Waals surface area (Å²) in [5.41, 5.74) is 0. The van der Waals surface area contributed by atoms with Crippen LogP contribution in [0.3, 0.4) is 0 Å². The summed E-state index contributed by atoms with van der Waals surface area (Å²) < 4.78 is 11.3. The lowest BCUT2D eigenvalue weighted by atomic mass is 10.2. The van der Waals surface area contributed by atoms with E-state index in [1.807, 2.05) is 24.3 Å². The first-order valence-corrected chi connectivity index (χ1v) is 5.85. The predicted octanol–water partition coefficient (Wildman–Crippen LogP) is 0.374. The molecule has 1 aliphatic heterocycles. The van der Waals surface area contributed by atoms with Crippen LogP contribution in [0.4, 0.5) is 0 Å². The molecule has 1 atom stereocenters. The quantitative estimate of drug-likeness (QED) is 0.832. The van der Waals surface area contributed by atoms with E-state index >= 15 is 0 Å². The van der Waals surface area contributed by atoms with Gasteiger partial charge in [-0.1, -0.05) is 12.1 Å². The number of hydrogen-bond acceptors (Lipinski definition) is 5. The number of fused-ring (bicyclic) bond motifs is 1. The van der Waals surface area contributed by atoms with Crippen molar-refractivity contribution in [2.24, 2.45) is 0 Å². The zero-order chi connectivity index (χ0) is 13.1. The molecule has 7 nitrogen and oxygen atoms in total. The van der Waals surface area contributed by atoms with Crippen LogP contribution >= 0.6 is 0 Å². The first kappa shape index (κ1) is 11.5. The molecule has 7 heteroatoms. The van der Waals surface area contributed by atoms with Crippen LogP contribution in [0.15, 0.2) is 30.6 Å². The average Bonchev–Trinajstić information content (AvgIpc) is 2.99. The number of aromatic amines is 1. The van der Waals surface area contributed by atoms with E-state index in [1.165, 1.54) is 6.33 Å². The highest BCUT2D eigenvalue weighted by Crippen LogP contribution is 2.30. The van der Waals surface area contributed by atoms with Gasteiger partial charge in [0.1, 0.15) is 19.0 Å². The molecule has 0 radical (unpaired) electrons. The Morgan fingerprint density at radius 2 is 2.26 bits per heavy atom. The zero-order valence-corrected chi connectivity index (χ0v) is 10.00. The second-order valence-corrected chi connectivity index (χ2v) is 4.04. The van der Waals surface area contributed by atoms with Gasteiger partial charge in [0.05, 0.1) is 6.54 Å². The number of benzene rings is 1. The fourth-order valence-corrected chi connectivity index (χ4v) is 1.77. The second-order valence-electron chi connectivity index (χ2n) is 4.04. The van der Waals surface area contributed by atoms with E-state index in [0.717, 1.165) is 5.75 Å². The molecule has 2 N–H and O–H groups in total. The van der Waals surface area contributed by atoms with Gasteiger partial charge >= 0.3 is 0 Å². The fraction of sp³-hybridized carbons (Fsp3) is 0.250. The molecule has 0 saturated carbocycles. The van der Waals surface area contributed by atoms with E-state index in [2.05, 4.69) is 20.5 Å². The molecule has 0 fully saturated rings. The Balaban J connectivity index is 1.57. The van der Waals surface area contributed by atoms with E-state index < -0.39 is 0 Å². The summed E-state index contributed by atoms with van der Waals surface area (Å²) in [6.07, 6.45) is 1.06. The van der Waals surface area contributed by atoms with Crippen LogP contribution in [0.5, 0.6) is 11.5 Å². The van der Waals surface area contributed by atoms with Gasteiger partial charge in [0.25, 0.3) is 5.91 Å². The molecule has 98 valence electrons. The second kappa shape index (κ2) is 4.97. The number of carbonyl (C=O) groups is 1. The van der Waals surface area contributed by atoms with Crippen LogP contribution in [-0.2, 0) is 0 Å². The number of hydrogen-bond donors (Lipinski definition) is 2. The Hall–Kier alpha value is -2.57. The Kier molecular flexibility index (Phi) is 3.01. The van der Waals surface area contributed by atoms with Crippen molar-refractivity contribution in [3.8, 4) is 11.5 Å². The number of nitrogens with zero attached hydrogens (tertiary/aromatic N) is 2. The van der Waals surface area contributed by atoms with Gasteiger partial charge in [0.15, 0.2) is 11.5 Å². The molecular weight excluding hydrogens is 248 g/mol. The van der Waals surface area contributed by atoms with Gasteiger partial charge in [-0.15, -0.1) is 0 Å². The first-order valence-electron chi connectivity index (χ1n) is 5.85. The Labute approximate surface area is 108 Å². The van der Waals surface area contributed by atoms with Gasteiger partial charge in [0.2, 0.25) is 5.82 Å². The minimum atomic E-state index is -0.319. The Morgan fingerprint density at radius 1 is 1.42 bits per heavy atom. The zero-order valence-electron chi connectivity index (χ0n) is 10.00. The maximum Gasteiger partial charge on any atom is 0.288 e. The van der Waals surface area contributed by atoms with E-state index in [4.69, 9.17) is 9.47 Å². The topological polar surface area (TPSA) is 89.1 Å². The molecule has 1 aliphatic rings. The van der Waals surface area contributed by atoms with Crippen LogP contribution in [0.2, 0.25) is 0 Å². The molecule has 0 saturated heterocycles. The van der Waals surface area contributed by atoms with Crippen molar-refractivity contribution >= 4 is 5.91 Å². The van der Waals surface area contributed by atoms with Gasteiger partial charge in [-0.25, -0.2) is 4.98 Å². The lowest BCUT2D eigenvalue weighted by Crippen LogP contribution is -2.41. The molecule has 1 aromatic carbocycles. The van der Waals surface area contributed by atoms with E-state index in [-0.39, 0.29) is 17.8 Å². The monoisotopic (exact) mass is 260 g/mol. The van der Waals surface area contributed by atoms with E-state index in [0.29, 0.717) is 18.9 Å². The van der Waals surface area contributed by atoms with E-state index in [9.17, 15) is 4.79 Å². The number of para-hydroxylation sites is 2. The molecule has 2 heterocycles. The van der Waals surface area contributed by atoms with Crippen LogP contribution in [0, 0.1) is 0 Å². The third-order valence-electron chi connectivity index (χ3n) is 2.69. The fourth-order valence-electron chi connectivity index (χ4n) is 1.77. The van der Waals surface area contributed by atoms with Crippen molar-refractivity contribution in [1.82, 2.24) is 20.5 Å². The minimum Gasteiger partial charge on any atom is -0.486 e. The lowest BCUT2D eigenvalue weighted by Gasteiger charge is -2.26. The highest BCUT2D eigenvalue weighted by molar-refractivity contribution is 5.90. The maximum atomic E-state index is 11.7. The summed E-state index contributed by atoms with van der Waals surface area (Å²) >= 11 is 0. The number of rotatable bonds is 3. The van der Waals surface area contributed by atoms with Crippen LogP contribution in [0.1, 0.15) is 10.6 Å². The van der Waals surface area contributed by atoms with Gasteiger partial charge < -0.3 is 14.8 Å². The predicted molar refractivity (Wildman–Crippen MR) is 65.1 cm³/mol. The molecule has 0 aliphatic carbocycles. The summed E-state index contributed by atoms with van der Waals surface area (Å²) in [4.78, 5) is 15.4. The average molecular weight is 260 g/mol. The SMILES string of the molecule is O=C(NCC1COc2ccccc2O1)c1ncn[nH]1. The van der Waals surface area contributed by atoms with Crippen LogP contribution in [-0.4, -0.2) is 40.3 Å². The summed E-state index contributed by atoms with van der Waals surface area (Å²) in [5, 5.41) is 8.82. The first-order chi connectivity index (χ1) is 9.33. The van der Waals surface area contributed by atoms with E-state index in [1.54, 1.807) is 0 Å². The summed E-state index contributed by atoms with van der Waals surface area (Å²) in [6.45, 7) is 0.738. The Bertz CT molecular complexity index is 570. The van der Waals surface area contributed by atoms with Crippen LogP contribution < -0.4 is 14.8 Å². The molecule has 3 rings (SSSR count). The lowest BCUT2D eigenvalue weighted by molar-refractivity contribution is 0.0783. The molecular formula is C12H12N4O3. The minimum absolute atomic E-state index is 0.178. The number of nitrogens with one attached hydrogen (secondary N) is 2. The normalized spacial score (nSPS) is 16.9. The third-order valence-corrected chi connectivity index (χ3v) is 2.69. The van der Waals surface area contributed by atoms with Crippen molar-refractivity contribution in [2.75, 3.05) is 13.2 Å². The number of ether oxygens (including phenoxy) is 2. The highest BCUT2D eigenvalue weighted by Gasteiger charge is 2.21. The summed E-state index contributed by atoms with van der Waals surface area (Å²) in [5.74, 6) is 1.27. The number of carbonyl (C=O) groups excluding carboxylic acids is 1. The van der Waals surface area contributed by atoms with Crippen molar-refractivity contribution in [3.05, 3.63) is 36.4 Å². The maximum absolute atomic E-state index is 11.7. The van der Waals surface area contributed by atoms with Crippen molar-refractivity contribution in [3.63, 3.8) is 0 Å². The molecule has 2 aromatic rings. The van der Waals surface area contributed by atoms with Crippen molar-refractivity contribution < 1.29 is 14.3 Å². The van der Waals surface area contributed by atoms with Crippen LogP contribution in [0.25, 0.3) is 0 Å². The van der Waals surface area contributed by atoms with Crippen molar-refractivity contribution in [2.45, 2.75) is 6.10 Å². The number of amides is 1. The molecule has 0 bridgehead atoms. The molecule has 1 aromatic heterocycles. The Morgan fingerprint density at radius 3 is 3.05 bits per heavy atom. The molecule has 1 unspecified atom stereocenters. The summed E-state index contributed by atoms with van der Waals surface area (Å²) in [7, 11) is 0. The molecule has 1 amide bonds. The van der Waals surface area contributed by atoms with Gasteiger partial charge in [-0.05, 0) is 12.1 Å². The smallest absolute Gasteiger partial charge is 0.288 e. The van der Waals surface area contributed by atoms with Gasteiger partial charge in [-0.3, -0.25) is 9.89 Å². The standard InChI is InChI=1S/C12H12N4O3/c17-12(11-14-7-15-16-11)13-5-8-6-18-9-3-1-2-4-10(9)19-8/h1-4,7-8H,5-6H2,(H,13,17)(H,14,15,16). The number of aromatic nitrogens is 3. The largest absolute Gasteiger partial charge is 0.486 e. The highest BCUT2D eigenvalue weighted by atomic mass is 16.6. The molecule has 0 spiro atoms. The third kappa shape index (κ3) is 2.49. The number of H-pyrrole nitrogens is 1. The van der Waals surface area contributed by atoms with Gasteiger partial charge in [-0.2, -0.15) is 5.10 Å². The van der Waals surface area contributed by atoms with Gasteiger partial charge in [0, 0.05) is 0 Å².